The van der Waals surface area contributed by atoms with Crippen LogP contribution in [-0.2, 0) is 27.0 Å². The molecule has 180 valence electrons. The van der Waals surface area contributed by atoms with Gasteiger partial charge >= 0.3 is 0 Å². The van der Waals surface area contributed by atoms with Crippen LogP contribution in [0.1, 0.15) is 23.9 Å². The van der Waals surface area contributed by atoms with Crippen molar-refractivity contribution < 1.29 is 23.5 Å². The van der Waals surface area contributed by atoms with Crippen LogP contribution >= 0.6 is 11.3 Å². The molecule has 8 nitrogen and oxygen atoms in total. The smallest absolute Gasteiger partial charge is 0.250 e. The zero-order valence-electron chi connectivity index (χ0n) is 18.8. The molecule has 2 saturated heterocycles. The number of benzene rings is 1. The van der Waals surface area contributed by atoms with Crippen LogP contribution in [0.2, 0.25) is 0 Å². The molecule has 3 heterocycles. The summed E-state index contributed by atoms with van der Waals surface area (Å²) in [4.78, 5) is 19.0. The molecule has 0 radical (unpaired) electrons. The van der Waals surface area contributed by atoms with Crippen LogP contribution in [0.15, 0.2) is 18.2 Å². The molecular formula is C24H26N3O5S2-. The molecule has 0 aliphatic carbocycles. The number of fused-ring (bicyclic) bond motifs is 1. The first-order valence-corrected chi connectivity index (χ1v) is 13.1. The fraction of sp³-hybridized carbons (Fsp3) is 0.500. The molecule has 34 heavy (non-hydrogen) atoms. The van der Waals surface area contributed by atoms with Gasteiger partial charge in [-0.2, -0.15) is 0 Å². The van der Waals surface area contributed by atoms with Crippen LogP contribution in [0, 0.1) is 40.9 Å². The van der Waals surface area contributed by atoms with E-state index in [4.69, 9.17) is 9.94 Å². The number of hydroxylamine groups is 1. The van der Waals surface area contributed by atoms with Gasteiger partial charge in [0.2, 0.25) is 5.91 Å². The molecule has 2 atom stereocenters. The molecule has 2 aliphatic heterocycles. The van der Waals surface area contributed by atoms with Crippen molar-refractivity contribution in [3.05, 3.63) is 28.8 Å². The zero-order chi connectivity index (χ0) is 24.1. The Balaban J connectivity index is 1.33. The topological polar surface area (TPSA) is 115 Å². The highest BCUT2D eigenvalue weighted by Crippen LogP contribution is 2.29. The van der Waals surface area contributed by atoms with Gasteiger partial charge < -0.3 is 14.2 Å². The van der Waals surface area contributed by atoms with Gasteiger partial charge in [0.25, 0.3) is 0 Å². The number of nitrogens with one attached hydrogen (secondary N) is 1. The Kier molecular flexibility index (Phi) is 7.99. The number of nitrogens with zero attached hydrogens (tertiary/aromatic N) is 2. The van der Waals surface area contributed by atoms with E-state index in [1.54, 1.807) is 5.48 Å². The lowest BCUT2D eigenvalue weighted by Gasteiger charge is -2.40. The summed E-state index contributed by atoms with van der Waals surface area (Å²) in [6.07, 6.45) is 0.654. The van der Waals surface area contributed by atoms with Gasteiger partial charge in [-0.05, 0) is 43.4 Å². The van der Waals surface area contributed by atoms with Crippen molar-refractivity contribution in [3.63, 3.8) is 0 Å². The number of hydrogen-bond donors (Lipinski definition) is 2. The predicted octanol–water partition coefficient (Wildman–Crippen LogP) is 1.55. The van der Waals surface area contributed by atoms with Crippen LogP contribution in [-0.4, -0.2) is 68.4 Å². The largest absolute Gasteiger partial charge is 0.772 e. The number of aryl methyl sites for hydroxylation is 1. The highest BCUT2D eigenvalue weighted by Gasteiger charge is 2.33. The molecule has 2 fully saturated rings. The minimum Gasteiger partial charge on any atom is -0.772 e. The Labute approximate surface area is 205 Å². The maximum absolute atomic E-state index is 12.0. The van der Waals surface area contributed by atoms with Gasteiger partial charge in [-0.1, -0.05) is 22.9 Å². The van der Waals surface area contributed by atoms with Crippen molar-refractivity contribution in [2.24, 2.45) is 17.3 Å². The first-order chi connectivity index (χ1) is 16.3. The van der Waals surface area contributed by atoms with E-state index in [0.717, 1.165) is 53.6 Å². The fourth-order valence-electron chi connectivity index (χ4n) is 3.99. The second kappa shape index (κ2) is 11.0. The predicted molar refractivity (Wildman–Crippen MR) is 129 cm³/mol. The van der Waals surface area contributed by atoms with E-state index in [9.17, 15) is 13.6 Å². The van der Waals surface area contributed by atoms with E-state index in [-0.39, 0.29) is 12.2 Å². The van der Waals surface area contributed by atoms with E-state index in [2.05, 4.69) is 33.6 Å². The number of thiazole rings is 1. The molecule has 0 saturated carbocycles. The normalized spacial score (nSPS) is 19.0. The van der Waals surface area contributed by atoms with Gasteiger partial charge in [0.1, 0.15) is 0 Å². The molecule has 2 aliphatic rings. The number of rotatable bonds is 8. The van der Waals surface area contributed by atoms with E-state index >= 15 is 0 Å². The molecule has 1 aromatic carbocycles. The van der Waals surface area contributed by atoms with Crippen molar-refractivity contribution >= 4 is 38.5 Å². The Morgan fingerprint density at radius 3 is 2.88 bits per heavy atom. The van der Waals surface area contributed by atoms with Crippen molar-refractivity contribution in [2.75, 3.05) is 38.6 Å². The van der Waals surface area contributed by atoms with E-state index in [0.29, 0.717) is 18.3 Å². The third-order valence-electron chi connectivity index (χ3n) is 6.14. The molecule has 2 aromatic rings. The van der Waals surface area contributed by atoms with Crippen molar-refractivity contribution in [3.8, 4) is 23.7 Å². The summed E-state index contributed by atoms with van der Waals surface area (Å²) in [5, 5.41) is 9.76. The highest BCUT2D eigenvalue weighted by atomic mass is 32.2. The minimum atomic E-state index is -2.41. The lowest BCUT2D eigenvalue weighted by Crippen LogP contribution is -2.50. The molecule has 2 N–H and O–H groups in total. The lowest BCUT2D eigenvalue weighted by molar-refractivity contribution is -0.138. The average Bonchev–Trinajstić information content (AvgIpc) is 3.15. The minimum absolute atomic E-state index is 0.239. The summed E-state index contributed by atoms with van der Waals surface area (Å²) in [6, 6.07) is 5.76. The second-order valence-electron chi connectivity index (χ2n) is 9.08. The van der Waals surface area contributed by atoms with Crippen molar-refractivity contribution in [2.45, 2.75) is 19.8 Å². The SMILES string of the molecule is C[C@](CCc1nc2ccc(C#CC#CC3CN(CC4COC4)C3)cc2s1)(CS(=O)[O-])C(=O)NO. The van der Waals surface area contributed by atoms with Crippen molar-refractivity contribution in [1.82, 2.24) is 15.4 Å². The zero-order valence-corrected chi connectivity index (χ0v) is 20.5. The second-order valence-corrected chi connectivity index (χ2v) is 11.1. The number of ether oxygens (including phenoxy) is 1. The van der Waals surface area contributed by atoms with Crippen LogP contribution in [0.3, 0.4) is 0 Å². The molecular weight excluding hydrogens is 474 g/mol. The van der Waals surface area contributed by atoms with Crippen molar-refractivity contribution in [1.29, 1.82) is 0 Å². The maximum atomic E-state index is 12.0. The van der Waals surface area contributed by atoms with Gasteiger partial charge in [-0.15, -0.1) is 11.3 Å². The van der Waals surface area contributed by atoms with E-state index < -0.39 is 22.4 Å². The molecule has 0 spiro atoms. The third-order valence-corrected chi connectivity index (χ3v) is 8.09. The number of carbonyl (C=O) groups is 1. The van der Waals surface area contributed by atoms with E-state index in [1.165, 1.54) is 18.3 Å². The number of likely N-dealkylation sites (tertiary alicyclic amines) is 1. The summed E-state index contributed by atoms with van der Waals surface area (Å²) in [5.41, 5.74) is 2.01. The fourth-order valence-corrected chi connectivity index (χ4v) is 5.79. The summed E-state index contributed by atoms with van der Waals surface area (Å²) < 4.78 is 28.5. The standard InChI is InChI=1S/C24H27N3O5S2/c1-24(16-34(30)31,23(28)26-29)9-8-22-25-20-7-6-17(10-21(20)33-22)4-2-3-5-18-11-27(12-18)13-19-14-32-15-19/h6-7,10,18-19,29H,8-9,11-16H2,1H3,(H,26,28)(H,30,31)/p-1/t24-/m0/s1. The van der Waals surface area contributed by atoms with Gasteiger partial charge in [-0.25, -0.2) is 10.5 Å². The van der Waals surface area contributed by atoms with E-state index in [1.807, 2.05) is 18.2 Å². The van der Waals surface area contributed by atoms with Crippen LogP contribution in [0.4, 0.5) is 0 Å². The van der Waals surface area contributed by atoms with Gasteiger partial charge in [-0.3, -0.25) is 14.2 Å². The first kappa shape index (κ1) is 24.8. The molecule has 0 bridgehead atoms. The number of aromatic nitrogens is 1. The quantitative estimate of drug-likeness (QED) is 0.245. The monoisotopic (exact) mass is 500 g/mol. The Hall–Kier alpha value is -2.31. The van der Waals surface area contributed by atoms with Gasteiger partial charge in [0, 0.05) is 49.2 Å². The van der Waals surface area contributed by atoms with Gasteiger partial charge in [0.05, 0.1) is 33.9 Å². The number of hydrogen-bond acceptors (Lipinski definition) is 8. The average molecular weight is 501 g/mol. The molecule has 10 heteroatoms. The summed E-state index contributed by atoms with van der Waals surface area (Å²) >= 11 is -0.931. The van der Waals surface area contributed by atoms with Gasteiger partial charge in [0.15, 0.2) is 0 Å². The Morgan fingerprint density at radius 1 is 1.41 bits per heavy atom. The molecule has 1 amide bonds. The number of carbonyl (C=O) groups excluding carboxylic acids is 1. The maximum Gasteiger partial charge on any atom is 0.250 e. The molecule has 1 unspecified atom stereocenters. The Bertz CT molecular complexity index is 1200. The van der Waals surface area contributed by atoms with Crippen LogP contribution in [0.25, 0.3) is 10.2 Å². The molecule has 1 aromatic heterocycles. The highest BCUT2D eigenvalue weighted by molar-refractivity contribution is 7.79. The Morgan fingerprint density at radius 2 is 2.21 bits per heavy atom. The number of amides is 1. The van der Waals surface area contributed by atoms with Crippen LogP contribution < -0.4 is 5.48 Å². The summed E-state index contributed by atoms with van der Waals surface area (Å²) in [6.45, 7) is 6.39. The lowest BCUT2D eigenvalue weighted by atomic mass is 9.87. The summed E-state index contributed by atoms with van der Waals surface area (Å²) in [5.74, 6) is 12.2. The van der Waals surface area contributed by atoms with Crippen LogP contribution in [0.5, 0.6) is 0 Å². The third kappa shape index (κ3) is 6.22. The molecule has 4 rings (SSSR count). The first-order valence-electron chi connectivity index (χ1n) is 11.1. The summed E-state index contributed by atoms with van der Waals surface area (Å²) in [7, 11) is 0.